The minimum absolute atomic E-state index is 0.0458. The molecular weight excluding hydrogens is 326 g/mol. The van der Waals surface area contributed by atoms with Crippen LogP contribution in [0.4, 0.5) is 0 Å². The smallest absolute Gasteiger partial charge is 0.289 e. The van der Waals surface area contributed by atoms with Crippen LogP contribution in [0.15, 0.2) is 21.2 Å². The average Bonchev–Trinajstić information content (AvgIpc) is 3.07. The van der Waals surface area contributed by atoms with E-state index in [0.717, 1.165) is 19.5 Å². The van der Waals surface area contributed by atoms with Gasteiger partial charge in [0.2, 0.25) is 5.91 Å². The fourth-order valence-corrected chi connectivity index (χ4v) is 2.48. The van der Waals surface area contributed by atoms with Crippen molar-refractivity contribution in [2.24, 2.45) is 0 Å². The highest BCUT2D eigenvalue weighted by Crippen LogP contribution is 2.15. The van der Waals surface area contributed by atoms with Crippen molar-refractivity contribution in [2.75, 3.05) is 33.7 Å². The third-order valence-electron chi connectivity index (χ3n) is 3.48. The van der Waals surface area contributed by atoms with E-state index in [-0.39, 0.29) is 30.2 Å². The van der Waals surface area contributed by atoms with Gasteiger partial charge in [-0.15, -0.1) is 0 Å². The van der Waals surface area contributed by atoms with Crippen molar-refractivity contribution < 1.29 is 14.0 Å². The van der Waals surface area contributed by atoms with E-state index in [0.29, 0.717) is 4.67 Å². The van der Waals surface area contributed by atoms with Gasteiger partial charge in [0, 0.05) is 26.7 Å². The number of hydrogen-bond donors (Lipinski definition) is 1. The molecule has 0 spiro atoms. The number of nitrogens with zero attached hydrogens (tertiary/aromatic N) is 2. The lowest BCUT2D eigenvalue weighted by molar-refractivity contribution is -0.132. The summed E-state index contributed by atoms with van der Waals surface area (Å²) in [6.07, 6.45) is 0.949. The minimum atomic E-state index is -0.304. The van der Waals surface area contributed by atoms with Gasteiger partial charge in [0.25, 0.3) is 5.91 Å². The molecule has 2 heterocycles. The monoisotopic (exact) mass is 343 g/mol. The van der Waals surface area contributed by atoms with Crippen LogP contribution < -0.4 is 5.32 Å². The molecular formula is C13H18BrN3O3. The number of rotatable bonds is 4. The molecule has 1 aliphatic heterocycles. The zero-order chi connectivity index (χ0) is 14.7. The largest absolute Gasteiger partial charge is 0.444 e. The molecule has 1 aromatic rings. The first-order valence-electron chi connectivity index (χ1n) is 6.46. The molecule has 1 N–H and O–H groups in total. The topological polar surface area (TPSA) is 65.8 Å². The third kappa shape index (κ3) is 3.40. The van der Waals surface area contributed by atoms with Crippen LogP contribution in [0.1, 0.15) is 17.0 Å². The number of carbonyl (C=O) groups excluding carboxylic acids is 2. The maximum absolute atomic E-state index is 12.1. The van der Waals surface area contributed by atoms with Gasteiger partial charge in [-0.2, -0.15) is 0 Å². The van der Waals surface area contributed by atoms with E-state index in [9.17, 15) is 9.59 Å². The van der Waals surface area contributed by atoms with Crippen LogP contribution in [0.2, 0.25) is 0 Å². The number of carbonyl (C=O) groups is 2. The van der Waals surface area contributed by atoms with E-state index >= 15 is 0 Å². The van der Waals surface area contributed by atoms with E-state index < -0.39 is 0 Å². The van der Waals surface area contributed by atoms with Crippen LogP contribution in [-0.2, 0) is 4.79 Å². The Morgan fingerprint density at radius 3 is 2.75 bits per heavy atom. The van der Waals surface area contributed by atoms with Crippen LogP contribution in [0, 0.1) is 0 Å². The normalized spacial score (nSPS) is 18.1. The summed E-state index contributed by atoms with van der Waals surface area (Å²) in [6, 6.07) is 3.45. The van der Waals surface area contributed by atoms with Crippen molar-refractivity contribution in [1.29, 1.82) is 0 Å². The quantitative estimate of drug-likeness (QED) is 0.883. The standard InChI is InChI=1S/C13H18BrN3O3/c1-16(13(19)10-3-4-11(14)20-10)8-12(18)17(2)9-5-6-15-7-9/h3-4,9,15H,5-8H2,1-2H3. The van der Waals surface area contributed by atoms with Crippen LogP contribution in [-0.4, -0.2) is 61.4 Å². The van der Waals surface area contributed by atoms with Crippen LogP contribution in [0.5, 0.6) is 0 Å². The zero-order valence-electron chi connectivity index (χ0n) is 11.6. The van der Waals surface area contributed by atoms with Gasteiger partial charge in [-0.05, 0) is 41.0 Å². The maximum atomic E-state index is 12.1. The van der Waals surface area contributed by atoms with E-state index in [1.807, 2.05) is 0 Å². The lowest BCUT2D eigenvalue weighted by Crippen LogP contribution is -2.44. The van der Waals surface area contributed by atoms with Gasteiger partial charge in [0.05, 0.1) is 6.54 Å². The molecule has 20 heavy (non-hydrogen) atoms. The Bertz CT molecular complexity index is 497. The summed E-state index contributed by atoms with van der Waals surface area (Å²) in [5.41, 5.74) is 0. The summed E-state index contributed by atoms with van der Waals surface area (Å²) in [5.74, 6) is -0.153. The molecule has 2 rings (SSSR count). The predicted molar refractivity (Wildman–Crippen MR) is 77.4 cm³/mol. The number of hydrogen-bond acceptors (Lipinski definition) is 4. The summed E-state index contributed by atoms with van der Waals surface area (Å²) in [4.78, 5) is 27.3. The zero-order valence-corrected chi connectivity index (χ0v) is 13.1. The van der Waals surface area contributed by atoms with E-state index in [4.69, 9.17) is 4.42 Å². The fourth-order valence-electron chi connectivity index (χ4n) is 2.18. The second kappa shape index (κ2) is 6.41. The third-order valence-corrected chi connectivity index (χ3v) is 3.90. The minimum Gasteiger partial charge on any atom is -0.444 e. The first kappa shape index (κ1) is 15.1. The molecule has 1 atom stereocenters. The molecule has 1 aromatic heterocycles. The molecule has 7 heteroatoms. The Balaban J connectivity index is 1.91. The van der Waals surface area contributed by atoms with Crippen molar-refractivity contribution in [3.63, 3.8) is 0 Å². The van der Waals surface area contributed by atoms with Crippen molar-refractivity contribution in [2.45, 2.75) is 12.5 Å². The lowest BCUT2D eigenvalue weighted by Gasteiger charge is -2.26. The average molecular weight is 344 g/mol. The molecule has 1 unspecified atom stereocenters. The highest BCUT2D eigenvalue weighted by Gasteiger charge is 2.25. The van der Waals surface area contributed by atoms with Gasteiger partial charge < -0.3 is 19.5 Å². The number of halogens is 1. The molecule has 1 fully saturated rings. The summed E-state index contributed by atoms with van der Waals surface area (Å²) >= 11 is 3.15. The Labute approximate surface area is 126 Å². The lowest BCUT2D eigenvalue weighted by atomic mass is 10.2. The maximum Gasteiger partial charge on any atom is 0.289 e. The van der Waals surface area contributed by atoms with Gasteiger partial charge in [-0.1, -0.05) is 0 Å². The second-order valence-electron chi connectivity index (χ2n) is 4.92. The van der Waals surface area contributed by atoms with Crippen LogP contribution >= 0.6 is 15.9 Å². The molecule has 0 radical (unpaired) electrons. The molecule has 6 nitrogen and oxygen atoms in total. The van der Waals surface area contributed by atoms with Crippen molar-refractivity contribution in [3.8, 4) is 0 Å². The molecule has 0 aromatic carbocycles. The SMILES string of the molecule is CN(CC(=O)N(C)C1CCNC1)C(=O)c1ccc(Br)o1. The van der Waals surface area contributed by atoms with Crippen LogP contribution in [0.3, 0.4) is 0 Å². The van der Waals surface area contributed by atoms with Crippen molar-refractivity contribution in [3.05, 3.63) is 22.6 Å². The molecule has 2 amide bonds. The Kier molecular flexibility index (Phi) is 4.82. The number of likely N-dealkylation sites (N-methyl/N-ethyl adjacent to an activating group) is 2. The summed E-state index contributed by atoms with van der Waals surface area (Å²) in [7, 11) is 3.37. The van der Waals surface area contributed by atoms with E-state index in [2.05, 4.69) is 21.2 Å². The molecule has 0 bridgehead atoms. The Hall–Kier alpha value is -1.34. The van der Waals surface area contributed by atoms with Crippen LogP contribution in [0.25, 0.3) is 0 Å². The van der Waals surface area contributed by atoms with Gasteiger partial charge in [0.1, 0.15) is 0 Å². The summed E-state index contributed by atoms with van der Waals surface area (Å²) < 4.78 is 5.69. The number of nitrogens with one attached hydrogen (secondary N) is 1. The van der Waals surface area contributed by atoms with E-state index in [1.165, 1.54) is 4.90 Å². The van der Waals surface area contributed by atoms with Gasteiger partial charge in [-0.3, -0.25) is 9.59 Å². The molecule has 1 aliphatic rings. The van der Waals surface area contributed by atoms with Gasteiger partial charge in [0.15, 0.2) is 10.4 Å². The summed E-state index contributed by atoms with van der Waals surface area (Å²) in [5, 5.41) is 3.22. The molecule has 0 aliphatic carbocycles. The molecule has 0 saturated carbocycles. The Morgan fingerprint density at radius 2 is 2.20 bits per heavy atom. The number of furan rings is 1. The highest BCUT2D eigenvalue weighted by molar-refractivity contribution is 9.10. The molecule has 1 saturated heterocycles. The van der Waals surface area contributed by atoms with Crippen molar-refractivity contribution in [1.82, 2.24) is 15.1 Å². The molecule has 110 valence electrons. The predicted octanol–water partition coefficient (Wildman–Crippen LogP) is 0.934. The Morgan fingerprint density at radius 1 is 1.45 bits per heavy atom. The number of amides is 2. The first-order valence-corrected chi connectivity index (χ1v) is 7.25. The second-order valence-corrected chi connectivity index (χ2v) is 5.70. The first-order chi connectivity index (χ1) is 9.49. The van der Waals surface area contributed by atoms with E-state index in [1.54, 1.807) is 31.1 Å². The van der Waals surface area contributed by atoms with Crippen molar-refractivity contribution >= 4 is 27.7 Å². The summed E-state index contributed by atoms with van der Waals surface area (Å²) in [6.45, 7) is 1.78. The fraction of sp³-hybridized carbons (Fsp3) is 0.538. The van der Waals surface area contributed by atoms with Gasteiger partial charge >= 0.3 is 0 Å². The van der Waals surface area contributed by atoms with Gasteiger partial charge in [-0.25, -0.2) is 0 Å². The highest BCUT2D eigenvalue weighted by atomic mass is 79.9.